The van der Waals surface area contributed by atoms with Crippen LogP contribution in [0, 0.1) is 0 Å². The normalized spacial score (nSPS) is 11.1. The van der Waals surface area contributed by atoms with Crippen molar-refractivity contribution >= 4 is 11.8 Å². The van der Waals surface area contributed by atoms with E-state index < -0.39 is 5.97 Å². The number of carbonyl (C=O) groups excluding carboxylic acids is 2. The molecule has 0 spiro atoms. The lowest BCUT2D eigenvalue weighted by molar-refractivity contribution is -0.138. The molecule has 0 atom stereocenters. The second kappa shape index (κ2) is 5.49. The molecule has 0 saturated carbocycles. The lowest BCUT2D eigenvalue weighted by Crippen LogP contribution is -2.18. The van der Waals surface area contributed by atoms with Crippen LogP contribution in [0.5, 0.6) is 0 Å². The second-order valence-electron chi connectivity index (χ2n) is 2.05. The van der Waals surface area contributed by atoms with Gasteiger partial charge in [0.25, 0.3) is 0 Å². The first-order valence-corrected chi connectivity index (χ1v) is 3.44. The van der Waals surface area contributed by atoms with Crippen LogP contribution in [0.15, 0.2) is 11.6 Å². The zero-order valence-electron chi connectivity index (χ0n) is 7.42. The van der Waals surface area contributed by atoms with Crippen molar-refractivity contribution in [2.45, 2.75) is 6.92 Å². The average Bonchev–Trinajstić information content (AvgIpc) is 2.06. The lowest BCUT2D eigenvalue weighted by atomic mass is 10.2. The zero-order valence-corrected chi connectivity index (χ0v) is 7.42. The molecule has 68 valence electrons. The highest BCUT2D eigenvalue weighted by Crippen LogP contribution is 1.99. The summed E-state index contributed by atoms with van der Waals surface area (Å²) in [5.74, 6) is -0.994. The van der Waals surface area contributed by atoms with Crippen LogP contribution < -0.4 is 0 Å². The summed E-state index contributed by atoms with van der Waals surface area (Å²) in [6, 6.07) is 0. The molecule has 4 heteroatoms. The van der Waals surface area contributed by atoms with Crippen molar-refractivity contribution in [3.8, 4) is 0 Å². The largest absolute Gasteiger partial charge is 0.465 e. The standard InChI is InChI=1S/C8H12O4/c1-4-6(8(10)12-3)7(9)5-11-2/h4H,5H2,1-3H3. The maximum atomic E-state index is 11.1. The lowest BCUT2D eigenvalue weighted by Gasteiger charge is -2.01. The van der Waals surface area contributed by atoms with E-state index in [1.807, 2.05) is 0 Å². The van der Waals surface area contributed by atoms with Gasteiger partial charge in [-0.3, -0.25) is 4.79 Å². The minimum absolute atomic E-state index is 0.0272. The van der Waals surface area contributed by atoms with E-state index in [1.165, 1.54) is 20.3 Å². The molecular formula is C8H12O4. The highest BCUT2D eigenvalue weighted by Gasteiger charge is 2.16. The Labute approximate surface area is 71.2 Å². The van der Waals surface area contributed by atoms with E-state index in [0.717, 1.165) is 0 Å². The van der Waals surface area contributed by atoms with E-state index in [1.54, 1.807) is 6.92 Å². The van der Waals surface area contributed by atoms with Gasteiger partial charge in [-0.15, -0.1) is 0 Å². The Morgan fingerprint density at radius 2 is 1.92 bits per heavy atom. The smallest absolute Gasteiger partial charge is 0.341 e. The number of allylic oxidation sites excluding steroid dienone is 1. The number of carbonyl (C=O) groups is 2. The Bertz CT molecular complexity index is 205. The van der Waals surface area contributed by atoms with Gasteiger partial charge in [-0.2, -0.15) is 0 Å². The summed E-state index contributed by atoms with van der Waals surface area (Å²) in [5.41, 5.74) is 0.0272. The molecule has 0 bridgehead atoms. The van der Waals surface area contributed by atoms with Crippen molar-refractivity contribution in [1.82, 2.24) is 0 Å². The van der Waals surface area contributed by atoms with Crippen LogP contribution in [0.4, 0.5) is 0 Å². The van der Waals surface area contributed by atoms with Gasteiger partial charge in [0.2, 0.25) is 0 Å². The molecule has 0 heterocycles. The number of hydrogen-bond donors (Lipinski definition) is 0. The zero-order chi connectivity index (χ0) is 9.56. The van der Waals surface area contributed by atoms with E-state index >= 15 is 0 Å². The van der Waals surface area contributed by atoms with Crippen molar-refractivity contribution in [2.75, 3.05) is 20.8 Å². The molecule has 0 unspecified atom stereocenters. The van der Waals surface area contributed by atoms with Gasteiger partial charge in [0.1, 0.15) is 12.2 Å². The number of esters is 1. The number of rotatable bonds is 4. The van der Waals surface area contributed by atoms with Gasteiger partial charge < -0.3 is 9.47 Å². The molecule has 0 aromatic carbocycles. The maximum Gasteiger partial charge on any atom is 0.341 e. The Balaban J connectivity index is 4.37. The number of ketones is 1. The first kappa shape index (κ1) is 10.8. The number of Topliss-reactive ketones (excluding diaryl/α,β-unsaturated/α-hetero) is 1. The van der Waals surface area contributed by atoms with Gasteiger partial charge in [-0.25, -0.2) is 4.79 Å². The van der Waals surface area contributed by atoms with E-state index in [-0.39, 0.29) is 18.0 Å². The second-order valence-corrected chi connectivity index (χ2v) is 2.05. The predicted octanol–water partition coefficient (Wildman–Crippen LogP) is 0.321. The average molecular weight is 172 g/mol. The van der Waals surface area contributed by atoms with Gasteiger partial charge in [0.15, 0.2) is 5.78 Å². The number of ether oxygens (including phenoxy) is 2. The highest BCUT2D eigenvalue weighted by atomic mass is 16.5. The summed E-state index contributed by atoms with van der Waals surface area (Å²) in [4.78, 5) is 22.0. The molecule has 0 aromatic rings. The van der Waals surface area contributed by atoms with Crippen molar-refractivity contribution in [2.24, 2.45) is 0 Å². The van der Waals surface area contributed by atoms with Gasteiger partial charge in [0, 0.05) is 7.11 Å². The molecule has 0 N–H and O–H groups in total. The molecule has 0 radical (unpaired) electrons. The molecule has 0 aliphatic rings. The van der Waals surface area contributed by atoms with Crippen molar-refractivity contribution in [3.05, 3.63) is 11.6 Å². The minimum atomic E-state index is -0.625. The Morgan fingerprint density at radius 3 is 2.25 bits per heavy atom. The summed E-state index contributed by atoms with van der Waals surface area (Å²) in [6.45, 7) is 1.49. The van der Waals surface area contributed by atoms with Crippen LogP contribution in [-0.2, 0) is 19.1 Å². The summed E-state index contributed by atoms with van der Waals surface area (Å²) < 4.78 is 8.97. The molecule has 0 aliphatic heterocycles. The highest BCUT2D eigenvalue weighted by molar-refractivity contribution is 6.17. The molecule has 0 rings (SSSR count). The van der Waals surface area contributed by atoms with E-state index in [9.17, 15) is 9.59 Å². The molecule has 0 aliphatic carbocycles. The molecule has 0 fully saturated rings. The van der Waals surface area contributed by atoms with E-state index in [2.05, 4.69) is 9.47 Å². The minimum Gasteiger partial charge on any atom is -0.465 e. The fourth-order valence-corrected chi connectivity index (χ4v) is 0.711. The maximum absolute atomic E-state index is 11.1. The third-order valence-electron chi connectivity index (χ3n) is 1.27. The molecule has 12 heavy (non-hydrogen) atoms. The van der Waals surface area contributed by atoms with Gasteiger partial charge in [-0.05, 0) is 6.92 Å². The monoisotopic (exact) mass is 172 g/mol. The third kappa shape index (κ3) is 2.84. The molecule has 0 amide bonds. The summed E-state index contributed by atoms with van der Waals surface area (Å²) in [6.07, 6.45) is 1.41. The van der Waals surface area contributed by atoms with Crippen LogP contribution in [0.2, 0.25) is 0 Å². The summed E-state index contributed by atoms with van der Waals surface area (Å²) in [5, 5.41) is 0. The van der Waals surface area contributed by atoms with Gasteiger partial charge in [-0.1, -0.05) is 6.08 Å². The molecule has 0 saturated heterocycles. The van der Waals surface area contributed by atoms with Crippen molar-refractivity contribution in [3.63, 3.8) is 0 Å². The molecular weight excluding hydrogens is 160 g/mol. The number of methoxy groups -OCH3 is 2. The van der Waals surface area contributed by atoms with E-state index in [4.69, 9.17) is 0 Å². The van der Waals surface area contributed by atoms with Crippen LogP contribution >= 0.6 is 0 Å². The third-order valence-corrected chi connectivity index (χ3v) is 1.27. The van der Waals surface area contributed by atoms with Crippen LogP contribution in [0.3, 0.4) is 0 Å². The number of hydrogen-bond acceptors (Lipinski definition) is 4. The molecule has 0 aromatic heterocycles. The fourth-order valence-electron chi connectivity index (χ4n) is 0.711. The SMILES string of the molecule is CC=C(C(=O)COC)C(=O)OC. The van der Waals surface area contributed by atoms with Gasteiger partial charge in [0.05, 0.1) is 7.11 Å². The van der Waals surface area contributed by atoms with Crippen molar-refractivity contribution in [1.29, 1.82) is 0 Å². The van der Waals surface area contributed by atoms with Crippen molar-refractivity contribution < 1.29 is 19.1 Å². The van der Waals surface area contributed by atoms with Crippen LogP contribution in [0.25, 0.3) is 0 Å². The Kier molecular flexibility index (Phi) is 4.96. The van der Waals surface area contributed by atoms with E-state index in [0.29, 0.717) is 0 Å². The first-order valence-electron chi connectivity index (χ1n) is 3.44. The Morgan fingerprint density at radius 1 is 1.33 bits per heavy atom. The summed E-state index contributed by atoms with van der Waals surface area (Å²) >= 11 is 0. The quantitative estimate of drug-likeness (QED) is 0.265. The van der Waals surface area contributed by atoms with Gasteiger partial charge >= 0.3 is 5.97 Å². The Hall–Kier alpha value is -1.16. The fraction of sp³-hybridized carbons (Fsp3) is 0.500. The first-order chi connectivity index (χ1) is 5.67. The summed E-state index contributed by atoms with van der Waals surface area (Å²) in [7, 11) is 2.62. The van der Waals surface area contributed by atoms with Crippen LogP contribution in [-0.4, -0.2) is 32.6 Å². The van der Waals surface area contributed by atoms with Crippen LogP contribution in [0.1, 0.15) is 6.92 Å². The molecule has 4 nitrogen and oxygen atoms in total. The topological polar surface area (TPSA) is 52.6 Å². The predicted molar refractivity (Wildman–Crippen MR) is 42.7 cm³/mol.